The zero-order valence-corrected chi connectivity index (χ0v) is 18.3. The lowest BCUT2D eigenvalue weighted by atomic mass is 10.0. The van der Waals surface area contributed by atoms with Crippen molar-refractivity contribution < 1.29 is 9.53 Å². The largest absolute Gasteiger partial charge is 0.379 e. The van der Waals surface area contributed by atoms with Crippen molar-refractivity contribution >= 4 is 17.5 Å². The quantitative estimate of drug-likeness (QED) is 0.728. The smallest absolute Gasteiger partial charge is 0.273 e. The summed E-state index contributed by atoms with van der Waals surface area (Å²) in [5, 5.41) is 12.2. The van der Waals surface area contributed by atoms with Gasteiger partial charge >= 0.3 is 0 Å². The molecule has 8 heteroatoms. The maximum Gasteiger partial charge on any atom is 0.273 e. The Labute approximate surface area is 182 Å². The van der Waals surface area contributed by atoms with Gasteiger partial charge in [-0.15, -0.1) is 5.10 Å². The lowest BCUT2D eigenvalue weighted by Crippen LogP contribution is -2.44. The van der Waals surface area contributed by atoms with Crippen LogP contribution in [0.25, 0.3) is 0 Å². The number of hydrogen-bond donors (Lipinski definition) is 1. The van der Waals surface area contributed by atoms with Crippen LogP contribution in [-0.2, 0) is 11.3 Å². The molecule has 1 atom stereocenters. The summed E-state index contributed by atoms with van der Waals surface area (Å²) < 4.78 is 7.39. The summed E-state index contributed by atoms with van der Waals surface area (Å²) in [7, 11) is 0. The van der Waals surface area contributed by atoms with E-state index in [4.69, 9.17) is 16.3 Å². The van der Waals surface area contributed by atoms with Crippen molar-refractivity contribution in [1.82, 2.24) is 25.2 Å². The van der Waals surface area contributed by atoms with Crippen molar-refractivity contribution in [2.75, 3.05) is 32.8 Å². The molecule has 1 unspecified atom stereocenters. The van der Waals surface area contributed by atoms with Crippen molar-refractivity contribution in [1.29, 1.82) is 0 Å². The fourth-order valence-electron chi connectivity index (χ4n) is 4.52. The van der Waals surface area contributed by atoms with Gasteiger partial charge in [-0.25, -0.2) is 4.68 Å². The summed E-state index contributed by atoms with van der Waals surface area (Å²) in [5.74, 6) is 0.461. The highest BCUT2D eigenvalue weighted by Gasteiger charge is 2.26. The van der Waals surface area contributed by atoms with Crippen molar-refractivity contribution in [3.63, 3.8) is 0 Å². The van der Waals surface area contributed by atoms with E-state index in [-0.39, 0.29) is 11.9 Å². The number of amides is 1. The number of carbonyl (C=O) groups is 1. The number of aromatic nitrogens is 3. The summed E-state index contributed by atoms with van der Waals surface area (Å²) in [6.45, 7) is 6.22. The second-order valence-electron chi connectivity index (χ2n) is 8.25. The van der Waals surface area contributed by atoms with Crippen LogP contribution in [0, 0.1) is 12.8 Å². The summed E-state index contributed by atoms with van der Waals surface area (Å²) >= 11 is 6.48. The third-order valence-electron chi connectivity index (χ3n) is 6.31. The predicted molar refractivity (Wildman–Crippen MR) is 116 cm³/mol. The Hall–Kier alpha value is -1.96. The van der Waals surface area contributed by atoms with Gasteiger partial charge in [-0.05, 0) is 37.3 Å². The Morgan fingerprint density at radius 2 is 2.00 bits per heavy atom. The first-order valence-electron chi connectivity index (χ1n) is 10.9. The lowest BCUT2D eigenvalue weighted by Gasteiger charge is -2.35. The third-order valence-corrected chi connectivity index (χ3v) is 6.65. The highest BCUT2D eigenvalue weighted by atomic mass is 35.5. The van der Waals surface area contributed by atoms with E-state index in [0.717, 1.165) is 30.9 Å². The molecule has 2 aromatic rings. The first kappa shape index (κ1) is 21.3. The first-order chi connectivity index (χ1) is 14.6. The molecule has 0 radical (unpaired) electrons. The Kier molecular flexibility index (Phi) is 7.02. The minimum absolute atomic E-state index is 0.0135. The standard InChI is InChI=1S/C22H30ClN5O2/c1-16-21(25-26-28(16)15-17-6-2-3-7-17)22(29)24-14-20(27-10-12-30-13-11-27)18-8-4-5-9-19(18)23/h4-5,8-9,17,20H,2-3,6-7,10-15H2,1H3,(H,24,29). The van der Waals surface area contributed by atoms with Gasteiger partial charge in [-0.2, -0.15) is 0 Å². The van der Waals surface area contributed by atoms with Gasteiger partial charge in [0.15, 0.2) is 5.69 Å². The minimum atomic E-state index is -0.185. The molecule has 7 nitrogen and oxygen atoms in total. The van der Waals surface area contributed by atoms with Crippen LogP contribution in [0.1, 0.15) is 53.5 Å². The first-order valence-corrected chi connectivity index (χ1v) is 11.3. The van der Waals surface area contributed by atoms with Crippen molar-refractivity contribution in [3.8, 4) is 0 Å². The maximum atomic E-state index is 12.9. The molecule has 0 spiro atoms. The molecule has 4 rings (SSSR count). The third kappa shape index (κ3) is 4.85. The topological polar surface area (TPSA) is 72.3 Å². The average molecular weight is 432 g/mol. The average Bonchev–Trinajstić information content (AvgIpc) is 3.41. The van der Waals surface area contributed by atoms with Crippen LogP contribution < -0.4 is 5.32 Å². The number of morpholine rings is 1. The number of rotatable bonds is 7. The minimum Gasteiger partial charge on any atom is -0.379 e. The van der Waals surface area contributed by atoms with Gasteiger partial charge in [-0.3, -0.25) is 9.69 Å². The van der Waals surface area contributed by atoms with Crippen LogP contribution in [0.2, 0.25) is 5.02 Å². The molecule has 162 valence electrons. The molecule has 1 aromatic heterocycles. The molecule has 2 aliphatic rings. The number of ether oxygens (including phenoxy) is 1. The van der Waals surface area contributed by atoms with E-state index in [9.17, 15) is 4.79 Å². The number of nitrogens with zero attached hydrogens (tertiary/aromatic N) is 4. The second-order valence-corrected chi connectivity index (χ2v) is 8.66. The summed E-state index contributed by atoms with van der Waals surface area (Å²) in [4.78, 5) is 15.2. The SMILES string of the molecule is Cc1c(C(=O)NCC(c2ccccc2Cl)N2CCOCC2)nnn1CC1CCCC1. The van der Waals surface area contributed by atoms with E-state index in [2.05, 4.69) is 20.5 Å². The van der Waals surface area contributed by atoms with Gasteiger partial charge < -0.3 is 10.1 Å². The molecule has 0 bridgehead atoms. The molecule has 1 aliphatic carbocycles. The molecule has 1 aliphatic heterocycles. The van der Waals surface area contributed by atoms with E-state index in [1.54, 1.807) is 0 Å². The fraction of sp³-hybridized carbons (Fsp3) is 0.591. The van der Waals surface area contributed by atoms with Crippen LogP contribution in [0.15, 0.2) is 24.3 Å². The molecular weight excluding hydrogens is 402 g/mol. The number of halogens is 1. The van der Waals surface area contributed by atoms with Crippen LogP contribution in [0.3, 0.4) is 0 Å². The molecule has 30 heavy (non-hydrogen) atoms. The molecule has 1 N–H and O–H groups in total. The van der Waals surface area contributed by atoms with E-state index >= 15 is 0 Å². The van der Waals surface area contributed by atoms with Gasteiger partial charge in [0.25, 0.3) is 5.91 Å². The number of benzene rings is 1. The Morgan fingerprint density at radius 1 is 1.27 bits per heavy atom. The number of carbonyl (C=O) groups excluding carboxylic acids is 1. The molecule has 2 fully saturated rings. The van der Waals surface area contributed by atoms with Crippen molar-refractivity contribution in [2.24, 2.45) is 5.92 Å². The molecule has 1 saturated heterocycles. The van der Waals surface area contributed by atoms with Crippen LogP contribution >= 0.6 is 11.6 Å². The van der Waals surface area contributed by atoms with Crippen molar-refractivity contribution in [2.45, 2.75) is 45.2 Å². The van der Waals surface area contributed by atoms with Gasteiger partial charge in [0.2, 0.25) is 0 Å². The van der Waals surface area contributed by atoms with E-state index < -0.39 is 0 Å². The highest BCUT2D eigenvalue weighted by molar-refractivity contribution is 6.31. The van der Waals surface area contributed by atoms with E-state index in [0.29, 0.717) is 36.4 Å². The molecule has 2 heterocycles. The van der Waals surface area contributed by atoms with Crippen LogP contribution in [0.5, 0.6) is 0 Å². The highest BCUT2D eigenvalue weighted by Crippen LogP contribution is 2.28. The van der Waals surface area contributed by atoms with Gasteiger partial charge in [-0.1, -0.05) is 47.9 Å². The molecule has 1 aromatic carbocycles. The summed E-state index contributed by atoms with van der Waals surface area (Å²) in [6.07, 6.45) is 5.05. The maximum absolute atomic E-state index is 12.9. The molecular formula is C22H30ClN5O2. The normalized spacial score (nSPS) is 19.1. The summed E-state index contributed by atoms with van der Waals surface area (Å²) in [6, 6.07) is 7.81. The lowest BCUT2D eigenvalue weighted by molar-refractivity contribution is 0.0162. The summed E-state index contributed by atoms with van der Waals surface area (Å²) in [5.41, 5.74) is 2.26. The van der Waals surface area contributed by atoms with Gasteiger partial charge in [0, 0.05) is 31.2 Å². The van der Waals surface area contributed by atoms with E-state index in [1.807, 2.05) is 35.9 Å². The monoisotopic (exact) mass is 431 g/mol. The molecule has 1 saturated carbocycles. The van der Waals surface area contributed by atoms with Crippen LogP contribution in [0.4, 0.5) is 0 Å². The Morgan fingerprint density at radius 3 is 2.73 bits per heavy atom. The second kappa shape index (κ2) is 9.90. The Bertz CT molecular complexity index is 859. The van der Waals surface area contributed by atoms with Gasteiger partial charge in [0.1, 0.15) is 0 Å². The van der Waals surface area contributed by atoms with E-state index in [1.165, 1.54) is 25.7 Å². The number of nitrogens with one attached hydrogen (secondary N) is 1. The predicted octanol–water partition coefficient (Wildman–Crippen LogP) is 3.23. The van der Waals surface area contributed by atoms with Gasteiger partial charge in [0.05, 0.1) is 24.9 Å². The Balaban J connectivity index is 1.45. The molecule has 1 amide bonds. The number of hydrogen-bond acceptors (Lipinski definition) is 5. The zero-order valence-electron chi connectivity index (χ0n) is 17.5. The fourth-order valence-corrected chi connectivity index (χ4v) is 4.79. The van der Waals surface area contributed by atoms with Crippen molar-refractivity contribution in [3.05, 3.63) is 46.2 Å². The zero-order chi connectivity index (χ0) is 20.9. The van der Waals surface area contributed by atoms with Crippen LogP contribution in [-0.4, -0.2) is 58.6 Å².